The second-order valence-electron chi connectivity index (χ2n) is 4.85. The minimum absolute atomic E-state index is 0.0424. The third kappa shape index (κ3) is 3.17. The van der Waals surface area contributed by atoms with Crippen LogP contribution < -0.4 is 4.90 Å². The highest BCUT2D eigenvalue weighted by Gasteiger charge is 2.36. The predicted molar refractivity (Wildman–Crippen MR) is 93.0 cm³/mol. The third-order valence-electron chi connectivity index (χ3n) is 3.26. The van der Waals surface area contributed by atoms with Gasteiger partial charge >= 0.3 is 0 Å². The molecule has 1 heterocycles. The van der Waals surface area contributed by atoms with Crippen molar-refractivity contribution in [3.8, 4) is 0 Å². The van der Waals surface area contributed by atoms with Crippen molar-refractivity contribution in [2.75, 3.05) is 4.90 Å². The predicted octanol–water partition coefficient (Wildman–Crippen LogP) is 4.49. The van der Waals surface area contributed by atoms with E-state index in [1.165, 1.54) is 36.4 Å². The molecule has 2 amide bonds. The molecule has 0 bridgehead atoms. The molecule has 3 rings (SSSR count). The fraction of sp³-hybridized carbons (Fsp3) is 0. The van der Waals surface area contributed by atoms with E-state index >= 15 is 0 Å². The molecule has 1 aliphatic heterocycles. The van der Waals surface area contributed by atoms with E-state index < -0.39 is 16.1 Å². The van der Waals surface area contributed by atoms with Crippen molar-refractivity contribution < 1.29 is 14.5 Å². The molecular weight excluding hydrogens is 352 g/mol. The Kier molecular flexibility index (Phi) is 4.37. The molecule has 120 valence electrons. The van der Waals surface area contributed by atoms with E-state index in [0.717, 1.165) is 16.7 Å². The van der Waals surface area contributed by atoms with E-state index in [4.69, 9.17) is 11.6 Å². The normalized spacial score (nSPS) is 16.0. The van der Waals surface area contributed by atoms with Crippen LogP contribution in [-0.2, 0) is 4.79 Å². The summed E-state index contributed by atoms with van der Waals surface area (Å²) in [5.41, 5.74) is 0.952. The average molecular weight is 361 g/mol. The van der Waals surface area contributed by atoms with Gasteiger partial charge in [0.25, 0.3) is 16.8 Å². The molecule has 0 saturated carbocycles. The third-order valence-corrected chi connectivity index (χ3v) is 4.37. The molecule has 1 aliphatic rings. The molecule has 1 saturated heterocycles. The summed E-state index contributed by atoms with van der Waals surface area (Å²) in [6, 6.07) is 12.2. The van der Waals surface area contributed by atoms with Gasteiger partial charge in [-0.05, 0) is 53.7 Å². The lowest BCUT2D eigenvalue weighted by molar-refractivity contribution is -0.384. The van der Waals surface area contributed by atoms with Crippen molar-refractivity contribution in [1.82, 2.24) is 0 Å². The van der Waals surface area contributed by atoms with Gasteiger partial charge < -0.3 is 0 Å². The van der Waals surface area contributed by atoms with Crippen molar-refractivity contribution in [2.45, 2.75) is 0 Å². The lowest BCUT2D eigenvalue weighted by Gasteiger charge is -2.12. The first-order valence-electron chi connectivity index (χ1n) is 6.74. The monoisotopic (exact) mass is 360 g/mol. The average Bonchev–Trinajstić information content (AvgIpc) is 2.82. The zero-order valence-corrected chi connectivity index (χ0v) is 13.6. The fourth-order valence-electron chi connectivity index (χ4n) is 2.15. The number of halogens is 1. The van der Waals surface area contributed by atoms with Crippen molar-refractivity contribution in [3.63, 3.8) is 0 Å². The standard InChI is InChI=1S/C16H9ClN2O4S/c17-11-2-1-3-13(9-11)18-15(20)14(24-16(18)21)8-10-4-6-12(7-5-10)19(22)23/h1-9H/b14-8+. The molecule has 0 aliphatic carbocycles. The second kappa shape index (κ2) is 6.46. The van der Waals surface area contributed by atoms with E-state index in [1.54, 1.807) is 18.2 Å². The van der Waals surface area contributed by atoms with E-state index in [9.17, 15) is 19.7 Å². The van der Waals surface area contributed by atoms with E-state index in [-0.39, 0.29) is 10.6 Å². The number of rotatable bonds is 3. The lowest BCUT2D eigenvalue weighted by Crippen LogP contribution is -2.27. The van der Waals surface area contributed by atoms with Gasteiger partial charge in [-0.15, -0.1) is 0 Å². The molecule has 6 nitrogen and oxygen atoms in total. The van der Waals surface area contributed by atoms with Crippen LogP contribution in [0.1, 0.15) is 5.56 Å². The summed E-state index contributed by atoms with van der Waals surface area (Å²) in [7, 11) is 0. The van der Waals surface area contributed by atoms with Gasteiger partial charge in [0.05, 0.1) is 15.5 Å². The molecule has 8 heteroatoms. The van der Waals surface area contributed by atoms with Crippen LogP contribution in [-0.4, -0.2) is 16.1 Å². The Morgan fingerprint density at radius 3 is 2.46 bits per heavy atom. The highest BCUT2D eigenvalue weighted by atomic mass is 35.5. The molecular formula is C16H9ClN2O4S. The van der Waals surface area contributed by atoms with E-state index in [1.807, 2.05) is 0 Å². The van der Waals surface area contributed by atoms with Gasteiger partial charge in [0.2, 0.25) is 0 Å². The van der Waals surface area contributed by atoms with Gasteiger partial charge in [-0.25, -0.2) is 4.90 Å². The highest BCUT2D eigenvalue weighted by Crippen LogP contribution is 2.36. The number of non-ortho nitro benzene ring substituents is 1. The first-order valence-corrected chi connectivity index (χ1v) is 7.93. The van der Waals surface area contributed by atoms with Crippen LogP contribution in [0.2, 0.25) is 5.02 Å². The summed E-state index contributed by atoms with van der Waals surface area (Å²) in [6.45, 7) is 0. The van der Waals surface area contributed by atoms with Crippen molar-refractivity contribution in [3.05, 3.63) is 74.1 Å². The Hall–Kier alpha value is -2.64. The number of nitrogens with zero attached hydrogens (tertiary/aromatic N) is 2. The van der Waals surface area contributed by atoms with Gasteiger partial charge in [-0.3, -0.25) is 19.7 Å². The first-order chi connectivity index (χ1) is 11.5. The maximum Gasteiger partial charge on any atom is 0.298 e. The molecule has 24 heavy (non-hydrogen) atoms. The number of carbonyl (C=O) groups excluding carboxylic acids is 2. The summed E-state index contributed by atoms with van der Waals surface area (Å²) < 4.78 is 0. The minimum atomic E-state index is -0.503. The van der Waals surface area contributed by atoms with Crippen LogP contribution in [0.3, 0.4) is 0 Å². The van der Waals surface area contributed by atoms with Crippen LogP contribution in [0.5, 0.6) is 0 Å². The maximum atomic E-state index is 12.5. The number of anilines is 1. The van der Waals surface area contributed by atoms with Gasteiger partial charge in [-0.1, -0.05) is 17.7 Å². The van der Waals surface area contributed by atoms with E-state index in [2.05, 4.69) is 0 Å². The summed E-state index contributed by atoms with van der Waals surface area (Å²) in [4.78, 5) is 36.0. The smallest absolute Gasteiger partial charge is 0.268 e. The molecule has 0 atom stereocenters. The van der Waals surface area contributed by atoms with E-state index in [0.29, 0.717) is 16.3 Å². The maximum absolute atomic E-state index is 12.5. The number of hydrogen-bond donors (Lipinski definition) is 0. The Labute approximate surface area is 145 Å². The summed E-state index contributed by atoms with van der Waals surface area (Å²) in [5.74, 6) is -0.453. The zero-order valence-electron chi connectivity index (χ0n) is 12.0. The quantitative estimate of drug-likeness (QED) is 0.457. The Balaban J connectivity index is 1.89. The van der Waals surface area contributed by atoms with Crippen molar-refractivity contribution in [1.29, 1.82) is 0 Å². The number of nitro groups is 1. The molecule has 0 unspecified atom stereocenters. The number of nitro benzene ring substituents is 1. The number of amides is 2. The van der Waals surface area contributed by atoms with Crippen LogP contribution in [0.15, 0.2) is 53.4 Å². The Morgan fingerprint density at radius 2 is 1.83 bits per heavy atom. The number of hydrogen-bond acceptors (Lipinski definition) is 5. The second-order valence-corrected chi connectivity index (χ2v) is 6.28. The SMILES string of the molecule is O=C1S/C(=C/c2ccc([N+](=O)[O-])cc2)C(=O)N1c1cccc(Cl)c1. The fourth-order valence-corrected chi connectivity index (χ4v) is 3.18. The van der Waals surface area contributed by atoms with Crippen molar-refractivity contribution >= 4 is 52.0 Å². The lowest BCUT2D eigenvalue weighted by atomic mass is 10.2. The summed E-state index contributed by atoms with van der Waals surface area (Å²) in [5, 5.41) is 10.7. The molecule has 2 aromatic carbocycles. The number of benzene rings is 2. The zero-order chi connectivity index (χ0) is 17.3. The van der Waals surface area contributed by atoms with Crippen LogP contribution in [0.25, 0.3) is 6.08 Å². The topological polar surface area (TPSA) is 80.5 Å². The summed E-state index contributed by atoms with van der Waals surface area (Å²) in [6.07, 6.45) is 1.53. The Morgan fingerprint density at radius 1 is 1.12 bits per heavy atom. The molecule has 0 aromatic heterocycles. The molecule has 0 spiro atoms. The largest absolute Gasteiger partial charge is 0.298 e. The van der Waals surface area contributed by atoms with Gasteiger partial charge in [0, 0.05) is 17.2 Å². The van der Waals surface area contributed by atoms with Crippen LogP contribution in [0.4, 0.5) is 16.2 Å². The van der Waals surface area contributed by atoms with Gasteiger partial charge in [-0.2, -0.15) is 0 Å². The van der Waals surface area contributed by atoms with Crippen molar-refractivity contribution in [2.24, 2.45) is 0 Å². The number of thioether (sulfide) groups is 1. The number of carbonyl (C=O) groups is 2. The highest BCUT2D eigenvalue weighted by molar-refractivity contribution is 8.19. The van der Waals surface area contributed by atoms with Gasteiger partial charge in [0.1, 0.15) is 0 Å². The van der Waals surface area contributed by atoms with Crippen LogP contribution >= 0.6 is 23.4 Å². The molecule has 0 N–H and O–H groups in total. The first kappa shape index (κ1) is 16.2. The van der Waals surface area contributed by atoms with Gasteiger partial charge in [0.15, 0.2) is 0 Å². The minimum Gasteiger partial charge on any atom is -0.268 e. The van der Waals surface area contributed by atoms with Crippen LogP contribution in [0, 0.1) is 10.1 Å². The molecule has 0 radical (unpaired) electrons. The number of imide groups is 1. The Bertz CT molecular complexity index is 880. The molecule has 1 fully saturated rings. The summed E-state index contributed by atoms with van der Waals surface area (Å²) >= 11 is 6.71. The molecule has 2 aromatic rings.